The van der Waals surface area contributed by atoms with E-state index in [1.165, 1.54) is 12.8 Å². The highest BCUT2D eigenvalue weighted by Crippen LogP contribution is 2.56. The first kappa shape index (κ1) is 19.6. The summed E-state index contributed by atoms with van der Waals surface area (Å²) < 4.78 is 2.10. The third-order valence-electron chi connectivity index (χ3n) is 8.06. The summed E-state index contributed by atoms with van der Waals surface area (Å²) in [6.45, 7) is 8.44. The molecule has 4 heteroatoms. The van der Waals surface area contributed by atoms with Crippen molar-refractivity contribution in [3.8, 4) is 0 Å². The normalized spacial score (nSPS) is 31.7. The molecule has 158 valence electrons. The van der Waals surface area contributed by atoms with Crippen molar-refractivity contribution in [2.45, 2.75) is 57.6 Å². The summed E-state index contributed by atoms with van der Waals surface area (Å²) in [5.74, 6) is 1.79. The van der Waals surface area contributed by atoms with Gasteiger partial charge in [-0.1, -0.05) is 36.9 Å². The molecule has 0 amide bonds. The third kappa shape index (κ3) is 2.96. The lowest BCUT2D eigenvalue weighted by atomic mass is 9.52. The molecule has 2 unspecified atom stereocenters. The van der Waals surface area contributed by atoms with Gasteiger partial charge in [-0.15, -0.1) is 0 Å². The van der Waals surface area contributed by atoms with Gasteiger partial charge in [0.25, 0.3) is 0 Å². The van der Waals surface area contributed by atoms with E-state index in [1.54, 1.807) is 0 Å². The Hall–Kier alpha value is -2.33. The van der Waals surface area contributed by atoms with E-state index in [1.807, 2.05) is 51.2 Å². The first-order chi connectivity index (χ1) is 14.3. The first-order valence-corrected chi connectivity index (χ1v) is 11.2. The Morgan fingerprint density at radius 2 is 1.77 bits per heavy atom. The van der Waals surface area contributed by atoms with Gasteiger partial charge >= 0.3 is 0 Å². The summed E-state index contributed by atoms with van der Waals surface area (Å²) in [6, 6.07) is 9.86. The number of ketones is 1. The minimum atomic E-state index is -0.428. The van der Waals surface area contributed by atoms with Crippen LogP contribution in [0.15, 0.2) is 36.9 Å². The number of aromatic nitrogens is 1. The molecule has 4 aliphatic rings. The minimum absolute atomic E-state index is 0.0668. The van der Waals surface area contributed by atoms with Crippen LogP contribution < -0.4 is 5.32 Å². The van der Waals surface area contributed by atoms with Gasteiger partial charge in [-0.05, 0) is 69.3 Å². The van der Waals surface area contributed by atoms with Crippen molar-refractivity contribution < 1.29 is 9.90 Å². The van der Waals surface area contributed by atoms with E-state index in [4.69, 9.17) is 0 Å². The van der Waals surface area contributed by atoms with Crippen LogP contribution >= 0.6 is 0 Å². The third-order valence-corrected chi connectivity index (χ3v) is 8.06. The molecular weight excluding hydrogens is 372 g/mol. The summed E-state index contributed by atoms with van der Waals surface area (Å²) in [4.78, 5) is 13.2. The standard InChI is InChI=1S/C26H32N2O2/c1-15-22(25(29)19-8-6-5-7-9-19)17(3)28(4)24(15)16(2)27-23-20-10-18-11-21(23)14-26(30,12-18)13-20/h5-9,18,20-21,23,27,30H,2,10-14H2,1,3-4H3. The second-order valence-corrected chi connectivity index (χ2v) is 10.0. The molecule has 2 atom stereocenters. The van der Waals surface area contributed by atoms with E-state index in [-0.39, 0.29) is 5.78 Å². The zero-order chi connectivity index (χ0) is 21.2. The van der Waals surface area contributed by atoms with Crippen molar-refractivity contribution in [1.29, 1.82) is 0 Å². The lowest BCUT2D eigenvalue weighted by molar-refractivity contribution is -0.136. The average Bonchev–Trinajstić information content (AvgIpc) is 2.92. The number of hydrogen-bond donors (Lipinski definition) is 2. The quantitative estimate of drug-likeness (QED) is 0.728. The number of rotatable bonds is 5. The monoisotopic (exact) mass is 404 g/mol. The molecule has 2 N–H and O–H groups in total. The van der Waals surface area contributed by atoms with Crippen molar-refractivity contribution in [2.24, 2.45) is 24.8 Å². The second kappa shape index (κ2) is 6.84. The Balaban J connectivity index is 1.42. The highest BCUT2D eigenvalue weighted by Gasteiger charge is 2.54. The molecule has 2 aromatic rings. The first-order valence-electron chi connectivity index (χ1n) is 11.2. The Labute approximate surface area is 179 Å². The van der Waals surface area contributed by atoms with Crippen LogP contribution in [-0.2, 0) is 7.05 Å². The van der Waals surface area contributed by atoms with E-state index in [9.17, 15) is 9.90 Å². The van der Waals surface area contributed by atoms with Gasteiger partial charge in [0.15, 0.2) is 5.78 Å². The summed E-state index contributed by atoms with van der Waals surface area (Å²) >= 11 is 0. The van der Waals surface area contributed by atoms with Gasteiger partial charge in [0.1, 0.15) is 0 Å². The molecule has 4 nitrogen and oxygen atoms in total. The van der Waals surface area contributed by atoms with Crippen molar-refractivity contribution in [3.05, 3.63) is 65.0 Å². The molecule has 0 aliphatic heterocycles. The van der Waals surface area contributed by atoms with Crippen molar-refractivity contribution in [3.63, 3.8) is 0 Å². The Morgan fingerprint density at radius 3 is 2.37 bits per heavy atom. The molecule has 4 saturated carbocycles. The predicted octanol–water partition coefficient (Wildman–Crippen LogP) is 4.37. The fourth-order valence-corrected chi connectivity index (χ4v) is 6.96. The number of carbonyl (C=O) groups is 1. The fourth-order valence-electron chi connectivity index (χ4n) is 6.96. The van der Waals surface area contributed by atoms with Crippen LogP contribution in [0.3, 0.4) is 0 Å². The van der Waals surface area contributed by atoms with Gasteiger partial charge in [0.2, 0.25) is 0 Å². The maximum atomic E-state index is 13.2. The molecule has 30 heavy (non-hydrogen) atoms. The van der Waals surface area contributed by atoms with Crippen LogP contribution in [0.2, 0.25) is 0 Å². The Bertz CT molecular complexity index is 1000. The number of nitrogens with zero attached hydrogens (tertiary/aromatic N) is 1. The molecule has 4 aliphatic carbocycles. The fraction of sp³-hybridized carbons (Fsp3) is 0.500. The number of carbonyl (C=O) groups excluding carboxylic acids is 1. The predicted molar refractivity (Wildman–Crippen MR) is 119 cm³/mol. The van der Waals surface area contributed by atoms with Crippen LogP contribution in [0.4, 0.5) is 0 Å². The van der Waals surface area contributed by atoms with Crippen molar-refractivity contribution in [1.82, 2.24) is 9.88 Å². The van der Waals surface area contributed by atoms with Crippen molar-refractivity contribution >= 4 is 11.5 Å². The minimum Gasteiger partial charge on any atom is -0.390 e. The van der Waals surface area contributed by atoms with Crippen LogP contribution in [-0.4, -0.2) is 27.1 Å². The topological polar surface area (TPSA) is 54.3 Å². The molecule has 1 heterocycles. The van der Waals surface area contributed by atoms with Crippen LogP contribution in [0.5, 0.6) is 0 Å². The SMILES string of the molecule is C=C(NC1C2CC3CC1CC(O)(C3)C2)c1c(C)c(C(=O)c2ccccc2)c(C)n1C. The number of benzene rings is 1. The summed E-state index contributed by atoms with van der Waals surface area (Å²) in [5.41, 5.74) is 4.94. The van der Waals surface area contributed by atoms with Gasteiger partial charge in [0.05, 0.1) is 17.0 Å². The Morgan fingerprint density at radius 1 is 1.13 bits per heavy atom. The van der Waals surface area contributed by atoms with Gasteiger partial charge < -0.3 is 15.0 Å². The zero-order valence-electron chi connectivity index (χ0n) is 18.2. The summed E-state index contributed by atoms with van der Waals surface area (Å²) in [5, 5.41) is 14.6. The number of nitrogens with one attached hydrogen (secondary N) is 1. The molecule has 6 rings (SSSR count). The molecule has 4 bridgehead atoms. The van der Waals surface area contributed by atoms with Crippen molar-refractivity contribution in [2.75, 3.05) is 0 Å². The van der Waals surface area contributed by atoms with E-state index in [0.29, 0.717) is 29.4 Å². The number of hydrogen-bond acceptors (Lipinski definition) is 3. The molecular formula is C26H32N2O2. The van der Waals surface area contributed by atoms with Gasteiger partial charge in [0, 0.05) is 29.9 Å². The van der Waals surface area contributed by atoms with E-state index < -0.39 is 5.60 Å². The maximum absolute atomic E-state index is 13.2. The maximum Gasteiger partial charge on any atom is 0.195 e. The van der Waals surface area contributed by atoms with Crippen LogP contribution in [0.25, 0.3) is 5.70 Å². The molecule has 1 aromatic carbocycles. The van der Waals surface area contributed by atoms with E-state index in [2.05, 4.69) is 16.5 Å². The Kier molecular flexibility index (Phi) is 4.48. The van der Waals surface area contributed by atoms with Gasteiger partial charge in [-0.2, -0.15) is 0 Å². The van der Waals surface area contributed by atoms with Gasteiger partial charge in [-0.3, -0.25) is 4.79 Å². The highest BCUT2D eigenvalue weighted by molar-refractivity contribution is 6.11. The second-order valence-electron chi connectivity index (χ2n) is 10.0. The van der Waals surface area contributed by atoms with Gasteiger partial charge in [-0.25, -0.2) is 0 Å². The molecule has 1 aromatic heterocycles. The van der Waals surface area contributed by atoms with Crippen LogP contribution in [0, 0.1) is 31.6 Å². The zero-order valence-corrected chi connectivity index (χ0v) is 18.2. The molecule has 4 fully saturated rings. The smallest absolute Gasteiger partial charge is 0.195 e. The molecule has 0 spiro atoms. The highest BCUT2D eigenvalue weighted by atomic mass is 16.3. The molecule has 0 radical (unpaired) electrons. The lowest BCUT2D eigenvalue weighted by Crippen LogP contribution is -2.60. The molecule has 0 saturated heterocycles. The summed E-state index contributed by atoms with van der Waals surface area (Å²) in [7, 11) is 2.02. The largest absolute Gasteiger partial charge is 0.390 e. The number of aliphatic hydroxyl groups is 1. The summed E-state index contributed by atoms with van der Waals surface area (Å²) in [6.07, 6.45) is 5.25. The van der Waals surface area contributed by atoms with Crippen LogP contribution in [0.1, 0.15) is 65.0 Å². The average molecular weight is 405 g/mol. The lowest BCUT2D eigenvalue weighted by Gasteiger charge is -2.58. The van der Waals surface area contributed by atoms with E-state index in [0.717, 1.165) is 47.5 Å². The van der Waals surface area contributed by atoms with E-state index >= 15 is 0 Å².